The lowest BCUT2D eigenvalue weighted by Gasteiger charge is -2.22. The third-order valence-electron chi connectivity index (χ3n) is 5.81. The summed E-state index contributed by atoms with van der Waals surface area (Å²) >= 11 is 0. The van der Waals surface area contributed by atoms with Gasteiger partial charge >= 0.3 is 0 Å². The van der Waals surface area contributed by atoms with Crippen LogP contribution in [0.5, 0.6) is 0 Å². The van der Waals surface area contributed by atoms with Gasteiger partial charge in [-0.25, -0.2) is 4.98 Å². The zero-order valence-electron chi connectivity index (χ0n) is 18.4. The van der Waals surface area contributed by atoms with Gasteiger partial charge in [0, 0.05) is 38.9 Å². The molecule has 1 fully saturated rings. The molecular weight excluding hydrogens is 499 g/mol. The summed E-state index contributed by atoms with van der Waals surface area (Å²) in [5.41, 5.74) is 4.85. The first-order chi connectivity index (χ1) is 14.7. The Hall–Kier alpha value is -2.29. The molecule has 6 nitrogen and oxygen atoms in total. The molecule has 1 unspecified atom stereocenters. The summed E-state index contributed by atoms with van der Waals surface area (Å²) in [4.78, 5) is 11.3. The van der Waals surface area contributed by atoms with E-state index < -0.39 is 0 Å². The molecule has 0 amide bonds. The Morgan fingerprint density at radius 2 is 1.94 bits per heavy atom. The van der Waals surface area contributed by atoms with Crippen LogP contribution in [0.3, 0.4) is 0 Å². The number of imidazole rings is 1. The lowest BCUT2D eigenvalue weighted by Crippen LogP contribution is -2.39. The summed E-state index contributed by atoms with van der Waals surface area (Å²) in [5, 5.41) is 6.97. The van der Waals surface area contributed by atoms with Gasteiger partial charge in [0.2, 0.25) is 0 Å². The van der Waals surface area contributed by atoms with Crippen molar-refractivity contribution < 1.29 is 0 Å². The van der Waals surface area contributed by atoms with Crippen LogP contribution in [0.25, 0.3) is 11.0 Å². The van der Waals surface area contributed by atoms with Gasteiger partial charge in [-0.1, -0.05) is 24.3 Å². The number of guanidine groups is 1. The highest BCUT2D eigenvalue weighted by atomic mass is 127. The van der Waals surface area contributed by atoms with Crippen molar-refractivity contribution in [2.45, 2.75) is 38.8 Å². The second-order valence-corrected chi connectivity index (χ2v) is 7.93. The van der Waals surface area contributed by atoms with E-state index in [0.29, 0.717) is 0 Å². The highest BCUT2D eigenvalue weighted by Gasteiger charge is 2.14. The summed E-state index contributed by atoms with van der Waals surface area (Å²) in [6.45, 7) is 6.31. The molecule has 1 atom stereocenters. The van der Waals surface area contributed by atoms with Crippen molar-refractivity contribution in [1.82, 2.24) is 20.2 Å². The van der Waals surface area contributed by atoms with Crippen molar-refractivity contribution in [3.05, 3.63) is 60.4 Å². The number of halogens is 1. The Balaban J connectivity index is 0.00000272. The number of benzene rings is 2. The van der Waals surface area contributed by atoms with Gasteiger partial charge in [0.1, 0.15) is 0 Å². The van der Waals surface area contributed by atoms with Crippen LogP contribution in [0.4, 0.5) is 5.69 Å². The molecule has 0 saturated carbocycles. The summed E-state index contributed by atoms with van der Waals surface area (Å²) in [7, 11) is 1.83. The molecular formula is C24H33IN6. The fourth-order valence-corrected chi connectivity index (χ4v) is 4.09. The van der Waals surface area contributed by atoms with E-state index in [1.54, 1.807) is 0 Å². The number of aromatic nitrogens is 2. The summed E-state index contributed by atoms with van der Waals surface area (Å²) in [6.07, 6.45) is 5.51. The molecule has 2 aromatic carbocycles. The molecule has 0 bridgehead atoms. The van der Waals surface area contributed by atoms with E-state index in [4.69, 9.17) is 0 Å². The van der Waals surface area contributed by atoms with Gasteiger partial charge in [-0.3, -0.25) is 4.99 Å². The maximum atomic E-state index is 4.46. The summed E-state index contributed by atoms with van der Waals surface area (Å²) in [6, 6.07) is 17.3. The molecule has 2 N–H and O–H groups in total. The van der Waals surface area contributed by atoms with Gasteiger partial charge in [0.15, 0.2) is 5.96 Å². The molecule has 2 heterocycles. The number of para-hydroxylation sites is 2. The second kappa shape index (κ2) is 11.4. The summed E-state index contributed by atoms with van der Waals surface area (Å²) < 4.78 is 2.21. The molecule has 7 heteroatoms. The van der Waals surface area contributed by atoms with Crippen molar-refractivity contribution in [1.29, 1.82) is 0 Å². The van der Waals surface area contributed by atoms with Gasteiger partial charge < -0.3 is 20.1 Å². The molecule has 3 aromatic rings. The Labute approximate surface area is 202 Å². The lowest BCUT2D eigenvalue weighted by atomic mass is 10.1. The average molecular weight is 532 g/mol. The van der Waals surface area contributed by atoms with Crippen LogP contribution in [0.1, 0.15) is 37.8 Å². The van der Waals surface area contributed by atoms with Crippen LogP contribution >= 0.6 is 24.0 Å². The van der Waals surface area contributed by atoms with Gasteiger partial charge in [0.25, 0.3) is 0 Å². The van der Waals surface area contributed by atoms with Gasteiger partial charge in [-0.2, -0.15) is 0 Å². The number of hydrogen-bond donors (Lipinski definition) is 2. The van der Waals surface area contributed by atoms with Crippen LogP contribution in [-0.2, 0) is 6.54 Å². The number of aliphatic imine (C=N–C) groups is 1. The monoisotopic (exact) mass is 532 g/mol. The zero-order valence-corrected chi connectivity index (χ0v) is 20.8. The highest BCUT2D eigenvalue weighted by Crippen LogP contribution is 2.24. The zero-order chi connectivity index (χ0) is 20.8. The van der Waals surface area contributed by atoms with Gasteiger partial charge in [0.05, 0.1) is 23.4 Å². The molecule has 0 radical (unpaired) electrons. The van der Waals surface area contributed by atoms with Gasteiger partial charge in [-0.15, -0.1) is 24.0 Å². The van der Waals surface area contributed by atoms with E-state index >= 15 is 0 Å². The van der Waals surface area contributed by atoms with Crippen molar-refractivity contribution in [2.75, 3.05) is 31.6 Å². The third-order valence-corrected chi connectivity index (χ3v) is 5.81. The van der Waals surface area contributed by atoms with E-state index in [9.17, 15) is 0 Å². The topological polar surface area (TPSA) is 57.5 Å². The smallest absolute Gasteiger partial charge is 0.191 e. The van der Waals surface area contributed by atoms with Crippen molar-refractivity contribution in [3.8, 4) is 0 Å². The molecule has 31 heavy (non-hydrogen) atoms. The Morgan fingerprint density at radius 3 is 2.74 bits per heavy atom. The molecule has 1 aromatic heterocycles. The average Bonchev–Trinajstić information content (AvgIpc) is 3.46. The minimum Gasteiger partial charge on any atom is -0.372 e. The Kier molecular flexibility index (Phi) is 8.57. The molecule has 1 aliphatic rings. The second-order valence-electron chi connectivity index (χ2n) is 7.93. The van der Waals surface area contributed by atoms with E-state index in [1.165, 1.54) is 42.7 Å². The fourth-order valence-electron chi connectivity index (χ4n) is 4.09. The first kappa shape index (κ1) is 23.4. The maximum Gasteiger partial charge on any atom is 0.191 e. The minimum atomic E-state index is 0. The first-order valence-corrected chi connectivity index (χ1v) is 11.0. The number of rotatable bonds is 7. The van der Waals surface area contributed by atoms with Crippen molar-refractivity contribution in [2.24, 2.45) is 4.99 Å². The van der Waals surface area contributed by atoms with Crippen LogP contribution in [0, 0.1) is 0 Å². The molecule has 0 spiro atoms. The van der Waals surface area contributed by atoms with E-state index in [2.05, 4.69) is 79.5 Å². The number of nitrogens with zero attached hydrogens (tertiary/aromatic N) is 4. The quantitative estimate of drug-likeness (QED) is 0.203. The van der Waals surface area contributed by atoms with Crippen LogP contribution in [0.2, 0.25) is 0 Å². The van der Waals surface area contributed by atoms with Crippen LogP contribution < -0.4 is 15.5 Å². The number of aryl methyl sites for hydroxylation is 1. The maximum absolute atomic E-state index is 4.46. The number of nitrogens with one attached hydrogen (secondary N) is 2. The number of hydrogen-bond acceptors (Lipinski definition) is 3. The Morgan fingerprint density at radius 1 is 1.13 bits per heavy atom. The van der Waals surface area contributed by atoms with Crippen LogP contribution in [0.15, 0.2) is 59.9 Å². The number of anilines is 1. The van der Waals surface area contributed by atoms with Crippen molar-refractivity contribution in [3.63, 3.8) is 0 Å². The van der Waals surface area contributed by atoms with Crippen LogP contribution in [-0.4, -0.2) is 42.2 Å². The van der Waals surface area contributed by atoms with Crippen molar-refractivity contribution >= 4 is 46.7 Å². The molecule has 1 aliphatic heterocycles. The first-order valence-electron chi connectivity index (χ1n) is 11.0. The highest BCUT2D eigenvalue weighted by molar-refractivity contribution is 14.0. The van der Waals surface area contributed by atoms with E-state index in [0.717, 1.165) is 31.0 Å². The molecule has 166 valence electrons. The number of fused-ring (bicyclic) bond motifs is 1. The standard InChI is InChI=1S/C24H32N6.HI/c1-19(20-9-7-10-21(17-20)29-14-5-6-15-29)28-24(25-2)26-13-8-16-30-18-27-22-11-3-4-12-23(22)30;/h3-4,7,9-12,17-19H,5-6,8,13-16H2,1-2H3,(H2,25,26,28);1H. The summed E-state index contributed by atoms with van der Waals surface area (Å²) in [5.74, 6) is 0.838. The van der Waals surface area contributed by atoms with Gasteiger partial charge in [-0.05, 0) is 56.0 Å². The normalized spacial score (nSPS) is 15.0. The predicted molar refractivity (Wildman–Crippen MR) is 141 cm³/mol. The predicted octanol–water partition coefficient (Wildman–Crippen LogP) is 4.57. The Bertz CT molecular complexity index is 992. The third kappa shape index (κ3) is 5.90. The van der Waals surface area contributed by atoms with E-state index in [-0.39, 0.29) is 30.0 Å². The minimum absolute atomic E-state index is 0. The largest absolute Gasteiger partial charge is 0.372 e. The lowest BCUT2D eigenvalue weighted by molar-refractivity contribution is 0.625. The fraction of sp³-hybridized carbons (Fsp3) is 0.417. The SMILES string of the molecule is CN=C(NCCCn1cnc2ccccc21)NC(C)c1cccc(N2CCCC2)c1.I. The van der Waals surface area contributed by atoms with E-state index in [1.807, 2.05) is 19.4 Å². The molecule has 1 saturated heterocycles. The molecule has 4 rings (SSSR count). The molecule has 0 aliphatic carbocycles.